The normalized spacial score (nSPS) is 41.9. The third-order valence-electron chi connectivity index (χ3n) is 10.4. The first-order valence-electron chi connectivity index (χ1n) is 14.8. The third kappa shape index (κ3) is 6.78. The van der Waals surface area contributed by atoms with Crippen molar-refractivity contribution in [1.82, 2.24) is 0 Å². The molecule has 0 spiro atoms. The van der Waals surface area contributed by atoms with Crippen molar-refractivity contribution in [2.75, 3.05) is 0 Å². The largest absolute Gasteiger partial charge is 0.0996 e. The molecule has 0 aliphatic heterocycles. The molecule has 31 heavy (non-hydrogen) atoms. The van der Waals surface area contributed by atoms with Gasteiger partial charge in [-0.25, -0.2) is 0 Å². The lowest BCUT2D eigenvalue weighted by molar-refractivity contribution is 0.108. The number of hydrogen-bond donors (Lipinski definition) is 0. The summed E-state index contributed by atoms with van der Waals surface area (Å²) in [5, 5.41) is 0. The fourth-order valence-corrected chi connectivity index (χ4v) is 8.13. The SMILES string of the molecule is CCCC1CCC(C#CC2CCC(C3CCC(C4CCC(CC)CC4)CC3)CC2)CC1. The van der Waals surface area contributed by atoms with Crippen LogP contribution < -0.4 is 0 Å². The lowest BCUT2D eigenvalue weighted by atomic mass is 9.65. The average Bonchev–Trinajstić information content (AvgIpc) is 2.84. The van der Waals surface area contributed by atoms with Crippen LogP contribution in [0.15, 0.2) is 0 Å². The van der Waals surface area contributed by atoms with Crippen molar-refractivity contribution in [3.63, 3.8) is 0 Å². The summed E-state index contributed by atoms with van der Waals surface area (Å²) in [6, 6.07) is 0. The van der Waals surface area contributed by atoms with Crippen molar-refractivity contribution in [3.05, 3.63) is 0 Å². The van der Waals surface area contributed by atoms with E-state index in [0.717, 1.165) is 47.3 Å². The van der Waals surface area contributed by atoms with Crippen LogP contribution in [-0.4, -0.2) is 0 Å². The minimum Gasteiger partial charge on any atom is -0.0996 e. The smallest absolute Gasteiger partial charge is 0.0203 e. The van der Waals surface area contributed by atoms with Crippen molar-refractivity contribution < 1.29 is 0 Å². The maximum atomic E-state index is 3.77. The van der Waals surface area contributed by atoms with Gasteiger partial charge in [-0.2, -0.15) is 0 Å². The van der Waals surface area contributed by atoms with Crippen molar-refractivity contribution in [3.8, 4) is 11.8 Å². The Morgan fingerprint density at radius 2 is 0.806 bits per heavy atom. The van der Waals surface area contributed by atoms with Crippen molar-refractivity contribution in [1.29, 1.82) is 0 Å². The predicted octanol–water partition coefficient (Wildman–Crippen LogP) is 9.43. The van der Waals surface area contributed by atoms with Gasteiger partial charge in [0, 0.05) is 11.8 Å². The van der Waals surface area contributed by atoms with Crippen LogP contribution in [0.1, 0.15) is 136 Å². The first kappa shape index (κ1) is 23.7. The van der Waals surface area contributed by atoms with Gasteiger partial charge < -0.3 is 0 Å². The highest BCUT2D eigenvalue weighted by atomic mass is 14.4. The van der Waals surface area contributed by atoms with E-state index in [1.54, 1.807) is 38.5 Å². The molecule has 0 saturated heterocycles. The van der Waals surface area contributed by atoms with E-state index in [4.69, 9.17) is 0 Å². The molecule has 0 heterocycles. The van der Waals surface area contributed by atoms with Gasteiger partial charge in [0.05, 0.1) is 0 Å². The Hall–Kier alpha value is -0.440. The Morgan fingerprint density at radius 3 is 1.23 bits per heavy atom. The standard InChI is InChI=1S/C31H52/c1-3-5-25-6-8-26(9-7-25)10-11-27-14-18-29(19-15-27)31-22-20-30(21-23-31)28-16-12-24(4-2)13-17-28/h24-31H,3-9,12-23H2,1-2H3. The molecule has 4 aliphatic rings. The topological polar surface area (TPSA) is 0 Å². The maximum absolute atomic E-state index is 3.77. The van der Waals surface area contributed by atoms with Gasteiger partial charge in [-0.1, -0.05) is 57.8 Å². The van der Waals surface area contributed by atoms with E-state index in [9.17, 15) is 0 Å². The monoisotopic (exact) mass is 424 g/mol. The van der Waals surface area contributed by atoms with Crippen molar-refractivity contribution in [2.24, 2.45) is 47.3 Å². The summed E-state index contributed by atoms with van der Waals surface area (Å²) in [6.45, 7) is 4.74. The Labute approximate surface area is 195 Å². The molecule has 176 valence electrons. The van der Waals surface area contributed by atoms with E-state index in [-0.39, 0.29) is 0 Å². The van der Waals surface area contributed by atoms with E-state index < -0.39 is 0 Å². The average molecular weight is 425 g/mol. The Bertz CT molecular complexity index is 547. The van der Waals surface area contributed by atoms with E-state index in [2.05, 4.69) is 25.7 Å². The zero-order valence-electron chi connectivity index (χ0n) is 21.1. The van der Waals surface area contributed by atoms with Crippen LogP contribution in [0.4, 0.5) is 0 Å². The quantitative estimate of drug-likeness (QED) is 0.385. The molecule has 0 N–H and O–H groups in total. The van der Waals surface area contributed by atoms with Gasteiger partial charge in [-0.3, -0.25) is 0 Å². The molecule has 0 nitrogen and oxygen atoms in total. The fourth-order valence-electron chi connectivity index (χ4n) is 8.13. The second-order valence-corrected chi connectivity index (χ2v) is 12.3. The molecule has 0 amide bonds. The van der Waals surface area contributed by atoms with E-state index >= 15 is 0 Å². The van der Waals surface area contributed by atoms with Gasteiger partial charge in [-0.15, -0.1) is 0 Å². The molecule has 4 fully saturated rings. The molecule has 4 aliphatic carbocycles. The molecule has 0 aromatic heterocycles. The Kier molecular flexibility index (Phi) is 9.29. The number of rotatable bonds is 5. The first-order valence-corrected chi connectivity index (χ1v) is 14.8. The highest BCUT2D eigenvalue weighted by molar-refractivity contribution is 5.09. The van der Waals surface area contributed by atoms with Crippen LogP contribution in [0.2, 0.25) is 0 Å². The summed E-state index contributed by atoms with van der Waals surface area (Å²) in [5.41, 5.74) is 0. The molecule has 4 rings (SSSR count). The highest BCUT2D eigenvalue weighted by Gasteiger charge is 2.34. The van der Waals surface area contributed by atoms with Crippen molar-refractivity contribution >= 4 is 0 Å². The van der Waals surface area contributed by atoms with Gasteiger partial charge in [0.2, 0.25) is 0 Å². The summed E-state index contributed by atoms with van der Waals surface area (Å²) in [7, 11) is 0. The molecule has 0 aromatic rings. The Morgan fingerprint density at radius 1 is 0.452 bits per heavy atom. The molecule has 0 bridgehead atoms. The van der Waals surface area contributed by atoms with Gasteiger partial charge >= 0.3 is 0 Å². The van der Waals surface area contributed by atoms with Crippen LogP contribution in [0.3, 0.4) is 0 Å². The highest BCUT2D eigenvalue weighted by Crippen LogP contribution is 2.46. The molecule has 4 saturated carbocycles. The summed E-state index contributed by atoms with van der Waals surface area (Å²) in [5.74, 6) is 15.3. The van der Waals surface area contributed by atoms with Gasteiger partial charge in [0.15, 0.2) is 0 Å². The summed E-state index contributed by atoms with van der Waals surface area (Å²) < 4.78 is 0. The first-order chi connectivity index (χ1) is 15.2. The molecular weight excluding hydrogens is 372 g/mol. The molecule has 0 atom stereocenters. The summed E-state index contributed by atoms with van der Waals surface area (Å²) in [4.78, 5) is 0. The second kappa shape index (κ2) is 12.1. The summed E-state index contributed by atoms with van der Waals surface area (Å²) in [6.07, 6.45) is 28.1. The van der Waals surface area contributed by atoms with E-state index in [1.807, 2.05) is 0 Å². The van der Waals surface area contributed by atoms with E-state index in [1.165, 1.54) is 83.5 Å². The molecule has 0 heteroatoms. The second-order valence-electron chi connectivity index (χ2n) is 12.3. The van der Waals surface area contributed by atoms with Gasteiger partial charge in [-0.05, 0) is 125 Å². The minimum atomic E-state index is 0.730. The van der Waals surface area contributed by atoms with Crippen LogP contribution in [-0.2, 0) is 0 Å². The Balaban J connectivity index is 1.13. The molecular formula is C31H52. The number of hydrogen-bond acceptors (Lipinski definition) is 0. The van der Waals surface area contributed by atoms with Gasteiger partial charge in [0.1, 0.15) is 0 Å². The minimum absolute atomic E-state index is 0.730. The lowest BCUT2D eigenvalue weighted by Gasteiger charge is -2.41. The zero-order valence-corrected chi connectivity index (χ0v) is 21.1. The predicted molar refractivity (Wildman–Crippen MR) is 135 cm³/mol. The molecule has 0 unspecified atom stereocenters. The molecule has 0 radical (unpaired) electrons. The zero-order chi connectivity index (χ0) is 21.5. The fraction of sp³-hybridized carbons (Fsp3) is 0.935. The van der Waals surface area contributed by atoms with Crippen LogP contribution in [0, 0.1) is 59.2 Å². The van der Waals surface area contributed by atoms with Crippen LogP contribution >= 0.6 is 0 Å². The third-order valence-corrected chi connectivity index (χ3v) is 10.4. The van der Waals surface area contributed by atoms with E-state index in [0.29, 0.717) is 0 Å². The van der Waals surface area contributed by atoms with Crippen LogP contribution in [0.5, 0.6) is 0 Å². The summed E-state index contributed by atoms with van der Waals surface area (Å²) >= 11 is 0. The maximum Gasteiger partial charge on any atom is 0.0203 e. The van der Waals surface area contributed by atoms with Crippen LogP contribution in [0.25, 0.3) is 0 Å². The lowest BCUT2D eigenvalue weighted by Crippen LogP contribution is -2.29. The molecule has 0 aromatic carbocycles. The van der Waals surface area contributed by atoms with Gasteiger partial charge in [0.25, 0.3) is 0 Å². The van der Waals surface area contributed by atoms with Crippen molar-refractivity contribution in [2.45, 2.75) is 136 Å².